The highest BCUT2D eigenvalue weighted by Gasteiger charge is 2.16. The lowest BCUT2D eigenvalue weighted by Gasteiger charge is -2.19. The highest BCUT2D eigenvalue weighted by molar-refractivity contribution is 5.80. The predicted octanol–water partition coefficient (Wildman–Crippen LogP) is 0.513. The van der Waals surface area contributed by atoms with Crippen LogP contribution in [0.4, 0.5) is 0 Å². The third kappa shape index (κ3) is 5.94. The van der Waals surface area contributed by atoms with Crippen molar-refractivity contribution in [2.24, 2.45) is 11.1 Å². The van der Waals surface area contributed by atoms with Crippen LogP contribution in [-0.4, -0.2) is 32.2 Å². The van der Waals surface area contributed by atoms with Gasteiger partial charge in [-0.1, -0.05) is 20.8 Å². The lowest BCUT2D eigenvalue weighted by atomic mass is 9.92. The van der Waals surface area contributed by atoms with E-state index in [4.69, 9.17) is 10.5 Å². The van der Waals surface area contributed by atoms with Crippen molar-refractivity contribution >= 4 is 5.91 Å². The molecule has 0 radical (unpaired) electrons. The highest BCUT2D eigenvalue weighted by atomic mass is 16.5. The van der Waals surface area contributed by atoms with Gasteiger partial charge >= 0.3 is 0 Å². The van der Waals surface area contributed by atoms with Crippen molar-refractivity contribution < 1.29 is 9.53 Å². The Kier molecular flexibility index (Phi) is 5.72. The summed E-state index contributed by atoms with van der Waals surface area (Å²) >= 11 is 0. The molecule has 0 aromatic rings. The molecule has 14 heavy (non-hydrogen) atoms. The summed E-state index contributed by atoms with van der Waals surface area (Å²) in [5.74, 6) is -0.126. The second-order valence-corrected chi connectivity index (χ2v) is 4.56. The SMILES string of the molecule is COC(CN)C(=O)NCCC(C)(C)C. The summed E-state index contributed by atoms with van der Waals surface area (Å²) in [5.41, 5.74) is 5.59. The molecule has 0 fully saturated rings. The average Bonchev–Trinajstić information content (AvgIpc) is 2.04. The second-order valence-electron chi connectivity index (χ2n) is 4.56. The zero-order chi connectivity index (χ0) is 11.2. The molecule has 0 saturated carbocycles. The van der Waals surface area contributed by atoms with Gasteiger partial charge in [-0.3, -0.25) is 4.79 Å². The van der Waals surface area contributed by atoms with Crippen LogP contribution < -0.4 is 11.1 Å². The minimum Gasteiger partial charge on any atom is -0.370 e. The largest absolute Gasteiger partial charge is 0.370 e. The number of hydrogen-bond donors (Lipinski definition) is 2. The van der Waals surface area contributed by atoms with E-state index in [2.05, 4.69) is 26.1 Å². The number of carbonyl (C=O) groups excluding carboxylic acids is 1. The number of amides is 1. The van der Waals surface area contributed by atoms with Gasteiger partial charge in [0.1, 0.15) is 6.10 Å². The van der Waals surface area contributed by atoms with Crippen molar-refractivity contribution in [3.8, 4) is 0 Å². The van der Waals surface area contributed by atoms with E-state index < -0.39 is 6.10 Å². The van der Waals surface area contributed by atoms with Crippen LogP contribution in [0.2, 0.25) is 0 Å². The quantitative estimate of drug-likeness (QED) is 0.683. The Balaban J connectivity index is 3.74. The summed E-state index contributed by atoms with van der Waals surface area (Å²) in [4.78, 5) is 11.4. The first-order valence-electron chi connectivity index (χ1n) is 4.91. The van der Waals surface area contributed by atoms with Gasteiger partial charge in [-0.2, -0.15) is 0 Å². The minimum atomic E-state index is -0.519. The Hall–Kier alpha value is -0.610. The molecule has 0 aliphatic rings. The molecule has 1 atom stereocenters. The third-order valence-corrected chi connectivity index (χ3v) is 1.97. The van der Waals surface area contributed by atoms with Crippen molar-refractivity contribution in [2.45, 2.75) is 33.3 Å². The number of ether oxygens (including phenoxy) is 1. The van der Waals surface area contributed by atoms with Crippen LogP contribution in [0.1, 0.15) is 27.2 Å². The highest BCUT2D eigenvalue weighted by Crippen LogP contribution is 2.16. The minimum absolute atomic E-state index is 0.126. The van der Waals surface area contributed by atoms with E-state index in [1.165, 1.54) is 7.11 Å². The molecule has 4 nitrogen and oxygen atoms in total. The molecular weight excluding hydrogens is 180 g/mol. The smallest absolute Gasteiger partial charge is 0.250 e. The standard InChI is InChI=1S/C10H22N2O2/c1-10(2,3)5-6-12-9(13)8(7-11)14-4/h8H,5-7,11H2,1-4H3,(H,12,13). The fraction of sp³-hybridized carbons (Fsp3) is 0.900. The third-order valence-electron chi connectivity index (χ3n) is 1.97. The first-order valence-corrected chi connectivity index (χ1v) is 4.91. The van der Waals surface area contributed by atoms with Crippen molar-refractivity contribution in [1.82, 2.24) is 5.32 Å². The summed E-state index contributed by atoms with van der Waals surface area (Å²) in [6.07, 6.45) is 0.426. The molecule has 0 rings (SSSR count). The van der Waals surface area contributed by atoms with E-state index in [1.807, 2.05) is 0 Å². The van der Waals surface area contributed by atoms with Crippen LogP contribution in [-0.2, 0) is 9.53 Å². The zero-order valence-electron chi connectivity index (χ0n) is 9.59. The first kappa shape index (κ1) is 13.4. The molecular formula is C10H22N2O2. The Morgan fingerprint density at radius 3 is 2.43 bits per heavy atom. The fourth-order valence-corrected chi connectivity index (χ4v) is 0.985. The summed E-state index contributed by atoms with van der Waals surface area (Å²) in [5, 5.41) is 2.80. The molecule has 0 aliphatic carbocycles. The average molecular weight is 202 g/mol. The molecule has 0 aromatic carbocycles. The molecule has 1 amide bonds. The van der Waals surface area contributed by atoms with Gasteiger partial charge in [0.25, 0.3) is 0 Å². The predicted molar refractivity (Wildman–Crippen MR) is 56.9 cm³/mol. The van der Waals surface area contributed by atoms with Crippen molar-refractivity contribution in [1.29, 1.82) is 0 Å². The van der Waals surface area contributed by atoms with Gasteiger partial charge < -0.3 is 15.8 Å². The summed E-state index contributed by atoms with van der Waals surface area (Å²) < 4.78 is 4.91. The topological polar surface area (TPSA) is 64.3 Å². The van der Waals surface area contributed by atoms with Gasteiger partial charge in [0.05, 0.1) is 0 Å². The molecule has 0 aliphatic heterocycles. The Labute approximate surface area is 86.2 Å². The maximum atomic E-state index is 11.4. The second kappa shape index (κ2) is 5.98. The molecule has 0 heterocycles. The number of nitrogens with two attached hydrogens (primary N) is 1. The number of carbonyl (C=O) groups is 1. The van der Waals surface area contributed by atoms with Crippen molar-refractivity contribution in [2.75, 3.05) is 20.2 Å². The molecule has 4 heteroatoms. The Bertz CT molecular complexity index is 171. The maximum Gasteiger partial charge on any atom is 0.250 e. The first-order chi connectivity index (χ1) is 6.40. The zero-order valence-corrected chi connectivity index (χ0v) is 9.59. The molecule has 1 unspecified atom stereocenters. The van der Waals surface area contributed by atoms with E-state index in [0.717, 1.165) is 6.42 Å². The summed E-state index contributed by atoms with van der Waals surface area (Å²) in [7, 11) is 1.49. The number of hydrogen-bond acceptors (Lipinski definition) is 3. The molecule has 0 aromatic heterocycles. The van der Waals surface area contributed by atoms with Crippen LogP contribution in [0.3, 0.4) is 0 Å². The molecule has 0 saturated heterocycles. The van der Waals surface area contributed by atoms with Crippen LogP contribution in [0.5, 0.6) is 0 Å². The van der Waals surface area contributed by atoms with Gasteiger partial charge in [-0.15, -0.1) is 0 Å². The number of nitrogens with one attached hydrogen (secondary N) is 1. The monoisotopic (exact) mass is 202 g/mol. The van der Waals surface area contributed by atoms with Crippen LogP contribution in [0.25, 0.3) is 0 Å². The fourth-order valence-electron chi connectivity index (χ4n) is 0.985. The van der Waals surface area contributed by atoms with Crippen molar-refractivity contribution in [3.63, 3.8) is 0 Å². The van der Waals surface area contributed by atoms with E-state index in [0.29, 0.717) is 6.54 Å². The maximum absolute atomic E-state index is 11.4. The van der Waals surface area contributed by atoms with Gasteiger partial charge in [-0.05, 0) is 11.8 Å². The molecule has 0 bridgehead atoms. The Morgan fingerprint density at radius 1 is 1.50 bits per heavy atom. The van der Waals surface area contributed by atoms with E-state index >= 15 is 0 Å². The lowest BCUT2D eigenvalue weighted by molar-refractivity contribution is -0.130. The van der Waals surface area contributed by atoms with Crippen molar-refractivity contribution in [3.05, 3.63) is 0 Å². The van der Waals surface area contributed by atoms with Crippen LogP contribution in [0.15, 0.2) is 0 Å². The number of rotatable bonds is 5. The van der Waals surface area contributed by atoms with E-state index in [-0.39, 0.29) is 17.9 Å². The van der Waals surface area contributed by atoms with Crippen LogP contribution in [0, 0.1) is 5.41 Å². The number of methoxy groups -OCH3 is 1. The van der Waals surface area contributed by atoms with E-state index in [1.54, 1.807) is 0 Å². The lowest BCUT2D eigenvalue weighted by Crippen LogP contribution is -2.41. The van der Waals surface area contributed by atoms with Crippen LogP contribution >= 0.6 is 0 Å². The van der Waals surface area contributed by atoms with E-state index in [9.17, 15) is 4.79 Å². The van der Waals surface area contributed by atoms with Gasteiger partial charge in [-0.25, -0.2) is 0 Å². The van der Waals surface area contributed by atoms with Gasteiger partial charge in [0.2, 0.25) is 5.91 Å². The molecule has 0 spiro atoms. The van der Waals surface area contributed by atoms with Gasteiger partial charge in [0.15, 0.2) is 0 Å². The van der Waals surface area contributed by atoms with Gasteiger partial charge in [0, 0.05) is 20.2 Å². The Morgan fingerprint density at radius 2 is 2.07 bits per heavy atom. The molecule has 3 N–H and O–H groups in total. The normalized spacial score (nSPS) is 13.8. The summed E-state index contributed by atoms with van der Waals surface area (Å²) in [6, 6.07) is 0. The molecule has 84 valence electrons. The summed E-state index contributed by atoms with van der Waals surface area (Å²) in [6.45, 7) is 7.29.